The van der Waals surface area contributed by atoms with Crippen molar-refractivity contribution < 1.29 is 14.3 Å². The predicted molar refractivity (Wildman–Crippen MR) is 128 cm³/mol. The molecule has 1 aliphatic carbocycles. The summed E-state index contributed by atoms with van der Waals surface area (Å²) in [6, 6.07) is 17.0. The molecule has 0 radical (unpaired) electrons. The average molecular weight is 447 g/mol. The number of ether oxygens (including phenoxy) is 1. The molecule has 1 heterocycles. The molecule has 164 valence electrons. The predicted octanol–water partition coefficient (Wildman–Crippen LogP) is 5.03. The van der Waals surface area contributed by atoms with Crippen molar-refractivity contribution in [3.05, 3.63) is 92.8 Å². The van der Waals surface area contributed by atoms with Gasteiger partial charge < -0.3 is 15.4 Å². The third-order valence-electron chi connectivity index (χ3n) is 5.68. The van der Waals surface area contributed by atoms with E-state index in [9.17, 15) is 9.59 Å². The fraction of sp³-hybridized carbons (Fsp3) is 0.231. The van der Waals surface area contributed by atoms with Crippen LogP contribution in [0.5, 0.6) is 5.75 Å². The molecule has 0 bridgehead atoms. The topological polar surface area (TPSA) is 67.4 Å². The number of hydrogen-bond donors (Lipinski definition) is 2. The molecule has 1 aliphatic rings. The van der Waals surface area contributed by atoms with Gasteiger partial charge in [-0.05, 0) is 78.6 Å². The summed E-state index contributed by atoms with van der Waals surface area (Å²) in [5, 5.41) is 7.92. The molecule has 2 aromatic carbocycles. The zero-order chi connectivity index (χ0) is 22.5. The maximum Gasteiger partial charge on any atom is 0.268 e. The number of methoxy groups -OCH3 is 1. The first-order valence-electron chi connectivity index (χ1n) is 10.6. The molecule has 2 amide bonds. The van der Waals surface area contributed by atoms with Crippen LogP contribution in [0.25, 0.3) is 6.08 Å². The van der Waals surface area contributed by atoms with Gasteiger partial charge in [-0.15, -0.1) is 11.3 Å². The van der Waals surface area contributed by atoms with Crippen molar-refractivity contribution in [1.29, 1.82) is 0 Å². The fourth-order valence-electron chi connectivity index (χ4n) is 3.99. The molecule has 0 aliphatic heterocycles. The van der Waals surface area contributed by atoms with Crippen LogP contribution >= 0.6 is 11.3 Å². The highest BCUT2D eigenvalue weighted by Gasteiger charge is 2.24. The molecular weight excluding hydrogens is 420 g/mol. The molecule has 0 unspecified atom stereocenters. The van der Waals surface area contributed by atoms with E-state index in [2.05, 4.69) is 10.6 Å². The van der Waals surface area contributed by atoms with E-state index in [1.165, 1.54) is 16.9 Å². The first-order valence-corrected chi connectivity index (χ1v) is 11.5. The average Bonchev–Trinajstić information content (AvgIpc) is 3.32. The Morgan fingerprint density at radius 2 is 1.97 bits per heavy atom. The number of nitrogens with one attached hydrogen (secondary N) is 2. The van der Waals surface area contributed by atoms with E-state index in [1.54, 1.807) is 19.3 Å². The SMILES string of the molecule is COc1ccc2c(c1)CCC[C@H]2NC(=O)/C(=C/c1cccs1)NC(=O)c1ccccc1C. The summed E-state index contributed by atoms with van der Waals surface area (Å²) in [7, 11) is 1.66. The molecule has 0 saturated heterocycles. The van der Waals surface area contributed by atoms with Crippen LogP contribution in [0.3, 0.4) is 0 Å². The van der Waals surface area contributed by atoms with Gasteiger partial charge in [0.1, 0.15) is 11.4 Å². The second kappa shape index (κ2) is 9.83. The summed E-state index contributed by atoms with van der Waals surface area (Å²) < 4.78 is 5.35. The fourth-order valence-corrected chi connectivity index (χ4v) is 4.65. The Balaban J connectivity index is 1.58. The van der Waals surface area contributed by atoms with E-state index in [0.29, 0.717) is 5.56 Å². The second-order valence-corrected chi connectivity index (χ2v) is 8.80. The minimum absolute atomic E-state index is 0.112. The molecule has 1 atom stereocenters. The molecule has 4 rings (SSSR count). The molecule has 3 aromatic rings. The smallest absolute Gasteiger partial charge is 0.268 e. The van der Waals surface area contributed by atoms with Gasteiger partial charge in [-0.3, -0.25) is 9.59 Å². The van der Waals surface area contributed by atoms with Gasteiger partial charge in [0, 0.05) is 10.4 Å². The van der Waals surface area contributed by atoms with Gasteiger partial charge in [-0.1, -0.05) is 30.3 Å². The van der Waals surface area contributed by atoms with Crippen molar-refractivity contribution >= 4 is 29.2 Å². The Morgan fingerprint density at radius 1 is 1.12 bits per heavy atom. The Labute approximate surface area is 192 Å². The normalized spacial score (nSPS) is 15.6. The maximum atomic E-state index is 13.3. The summed E-state index contributed by atoms with van der Waals surface area (Å²) in [5.41, 5.74) is 3.93. The molecule has 6 heteroatoms. The first-order chi connectivity index (χ1) is 15.5. The van der Waals surface area contributed by atoms with Gasteiger partial charge in [-0.25, -0.2) is 0 Å². The molecule has 0 fully saturated rings. The second-order valence-electron chi connectivity index (χ2n) is 7.83. The van der Waals surface area contributed by atoms with Gasteiger partial charge in [0.05, 0.1) is 13.2 Å². The van der Waals surface area contributed by atoms with E-state index < -0.39 is 0 Å². The van der Waals surface area contributed by atoms with E-state index in [4.69, 9.17) is 4.74 Å². The van der Waals surface area contributed by atoms with Crippen LogP contribution in [0, 0.1) is 6.92 Å². The van der Waals surface area contributed by atoms with Crippen LogP contribution < -0.4 is 15.4 Å². The van der Waals surface area contributed by atoms with Crippen LogP contribution in [0.4, 0.5) is 0 Å². The first kappa shape index (κ1) is 21.8. The molecule has 0 saturated carbocycles. The van der Waals surface area contributed by atoms with Gasteiger partial charge >= 0.3 is 0 Å². The van der Waals surface area contributed by atoms with Crippen molar-refractivity contribution in [3.8, 4) is 5.75 Å². The van der Waals surface area contributed by atoms with Gasteiger partial charge in [-0.2, -0.15) is 0 Å². The summed E-state index contributed by atoms with van der Waals surface area (Å²) in [6.45, 7) is 1.88. The number of rotatable bonds is 6. The van der Waals surface area contributed by atoms with Gasteiger partial charge in [0.15, 0.2) is 0 Å². The lowest BCUT2D eigenvalue weighted by Crippen LogP contribution is -2.38. The number of fused-ring (bicyclic) bond motifs is 1. The van der Waals surface area contributed by atoms with Crippen LogP contribution in [-0.2, 0) is 11.2 Å². The van der Waals surface area contributed by atoms with E-state index in [-0.39, 0.29) is 23.6 Å². The van der Waals surface area contributed by atoms with Crippen LogP contribution in [0.15, 0.2) is 65.7 Å². The number of aryl methyl sites for hydroxylation is 2. The Kier molecular flexibility index (Phi) is 6.71. The molecule has 1 aromatic heterocycles. The molecule has 2 N–H and O–H groups in total. The maximum absolute atomic E-state index is 13.3. The lowest BCUT2D eigenvalue weighted by molar-refractivity contribution is -0.118. The highest BCUT2D eigenvalue weighted by Crippen LogP contribution is 2.32. The van der Waals surface area contributed by atoms with Crippen molar-refractivity contribution in [3.63, 3.8) is 0 Å². The Morgan fingerprint density at radius 3 is 2.72 bits per heavy atom. The monoisotopic (exact) mass is 446 g/mol. The van der Waals surface area contributed by atoms with Crippen molar-refractivity contribution in [2.45, 2.75) is 32.2 Å². The molecule has 0 spiro atoms. The van der Waals surface area contributed by atoms with Crippen molar-refractivity contribution in [2.24, 2.45) is 0 Å². The molecular formula is C26H26N2O3S. The largest absolute Gasteiger partial charge is 0.497 e. The minimum atomic E-state index is -0.297. The highest BCUT2D eigenvalue weighted by atomic mass is 32.1. The third-order valence-corrected chi connectivity index (χ3v) is 6.50. The van der Waals surface area contributed by atoms with Crippen LogP contribution in [0.2, 0.25) is 0 Å². The van der Waals surface area contributed by atoms with E-state index >= 15 is 0 Å². The van der Waals surface area contributed by atoms with Crippen molar-refractivity contribution in [1.82, 2.24) is 10.6 Å². The van der Waals surface area contributed by atoms with Gasteiger partial charge in [0.2, 0.25) is 0 Å². The number of thiophene rings is 1. The Bertz CT molecular complexity index is 1150. The lowest BCUT2D eigenvalue weighted by Gasteiger charge is -2.27. The lowest BCUT2D eigenvalue weighted by atomic mass is 9.87. The number of carbonyl (C=O) groups excluding carboxylic acids is 2. The highest BCUT2D eigenvalue weighted by molar-refractivity contribution is 7.10. The van der Waals surface area contributed by atoms with E-state index in [0.717, 1.165) is 41.0 Å². The van der Waals surface area contributed by atoms with E-state index in [1.807, 2.05) is 60.8 Å². The van der Waals surface area contributed by atoms with Gasteiger partial charge in [0.25, 0.3) is 11.8 Å². The zero-order valence-electron chi connectivity index (χ0n) is 18.2. The minimum Gasteiger partial charge on any atom is -0.497 e. The number of amides is 2. The zero-order valence-corrected chi connectivity index (χ0v) is 19.0. The standard InChI is InChI=1S/C26H26N2O3S/c1-17-7-3-4-10-21(17)25(29)28-24(16-20-9-6-14-32-20)26(30)27-23-11-5-8-18-15-19(31-2)12-13-22(18)23/h3-4,6-7,9-10,12-16,23H,5,8,11H2,1-2H3,(H,27,30)(H,28,29)/b24-16-/t23-/m1/s1. The quantitative estimate of drug-likeness (QED) is 0.522. The number of benzene rings is 2. The van der Waals surface area contributed by atoms with Crippen LogP contribution in [-0.4, -0.2) is 18.9 Å². The molecule has 32 heavy (non-hydrogen) atoms. The summed E-state index contributed by atoms with van der Waals surface area (Å²) in [6.07, 6.45) is 4.52. The van der Waals surface area contributed by atoms with Crippen LogP contribution in [0.1, 0.15) is 50.8 Å². The summed E-state index contributed by atoms with van der Waals surface area (Å²) in [4.78, 5) is 27.1. The molecule has 5 nitrogen and oxygen atoms in total. The Hall–Kier alpha value is -3.38. The number of carbonyl (C=O) groups is 2. The van der Waals surface area contributed by atoms with Crippen molar-refractivity contribution in [2.75, 3.05) is 7.11 Å². The number of hydrogen-bond acceptors (Lipinski definition) is 4. The summed E-state index contributed by atoms with van der Waals surface area (Å²) in [5.74, 6) is 0.225. The summed E-state index contributed by atoms with van der Waals surface area (Å²) >= 11 is 1.51. The third kappa shape index (κ3) is 4.92.